The van der Waals surface area contributed by atoms with Crippen LogP contribution in [0, 0.1) is 6.92 Å². The number of hydrogen-bond acceptors (Lipinski definition) is 3. The van der Waals surface area contributed by atoms with E-state index in [-0.39, 0.29) is 5.69 Å². The smallest absolute Gasteiger partial charge is 0.356 e. The molecule has 78 valence electrons. The Kier molecular flexibility index (Phi) is 2.07. The predicted octanol–water partition coefficient (Wildman–Crippen LogP) is 1.35. The molecule has 0 aliphatic carbocycles. The zero-order chi connectivity index (χ0) is 11.0. The van der Waals surface area contributed by atoms with Crippen LogP contribution < -0.4 is 4.74 Å². The van der Waals surface area contributed by atoms with Crippen LogP contribution in [0.5, 0.6) is 5.75 Å². The number of aromatic carboxylic acids is 1. The van der Waals surface area contributed by atoms with Crippen molar-refractivity contribution in [2.75, 3.05) is 7.11 Å². The van der Waals surface area contributed by atoms with Crippen LogP contribution in [-0.2, 0) is 0 Å². The van der Waals surface area contributed by atoms with Gasteiger partial charge in [-0.1, -0.05) is 0 Å². The maximum atomic E-state index is 10.9. The molecule has 5 heteroatoms. The lowest BCUT2D eigenvalue weighted by Crippen LogP contribution is -1.97. The molecule has 2 heterocycles. The van der Waals surface area contributed by atoms with Crippen LogP contribution in [0.2, 0.25) is 0 Å². The molecule has 0 saturated heterocycles. The SMILES string of the molecule is COc1ccc2c(C(=O)O)nc(C)n2c1. The van der Waals surface area contributed by atoms with Gasteiger partial charge in [0.2, 0.25) is 0 Å². The summed E-state index contributed by atoms with van der Waals surface area (Å²) < 4.78 is 6.75. The standard InChI is InChI=1S/C10H10N2O3/c1-6-11-9(10(13)14)8-4-3-7(15-2)5-12(6)8/h3-5H,1-2H3,(H,13,14). The molecule has 15 heavy (non-hydrogen) atoms. The van der Waals surface area contributed by atoms with Gasteiger partial charge < -0.3 is 9.84 Å². The Labute approximate surface area is 85.9 Å². The van der Waals surface area contributed by atoms with Crippen molar-refractivity contribution in [3.63, 3.8) is 0 Å². The summed E-state index contributed by atoms with van der Waals surface area (Å²) >= 11 is 0. The number of rotatable bonds is 2. The average Bonchev–Trinajstić information content (AvgIpc) is 2.56. The van der Waals surface area contributed by atoms with E-state index in [0.29, 0.717) is 17.1 Å². The quantitative estimate of drug-likeness (QED) is 0.805. The van der Waals surface area contributed by atoms with Crippen LogP contribution in [0.4, 0.5) is 0 Å². The zero-order valence-electron chi connectivity index (χ0n) is 8.39. The number of pyridine rings is 1. The number of hydrogen-bond donors (Lipinski definition) is 1. The van der Waals surface area contributed by atoms with Crippen molar-refractivity contribution < 1.29 is 14.6 Å². The van der Waals surface area contributed by atoms with Crippen molar-refractivity contribution in [3.05, 3.63) is 29.8 Å². The second-order valence-corrected chi connectivity index (χ2v) is 3.14. The van der Waals surface area contributed by atoms with Gasteiger partial charge in [-0.15, -0.1) is 0 Å². The van der Waals surface area contributed by atoms with Gasteiger partial charge in [-0.3, -0.25) is 4.40 Å². The van der Waals surface area contributed by atoms with Gasteiger partial charge in [0.25, 0.3) is 0 Å². The summed E-state index contributed by atoms with van der Waals surface area (Å²) in [6.45, 7) is 1.75. The predicted molar refractivity (Wildman–Crippen MR) is 53.4 cm³/mol. The van der Waals surface area contributed by atoms with E-state index in [1.54, 1.807) is 36.8 Å². The van der Waals surface area contributed by atoms with Crippen LogP contribution in [-0.4, -0.2) is 27.6 Å². The fraction of sp³-hybridized carbons (Fsp3) is 0.200. The number of methoxy groups -OCH3 is 1. The first-order chi connectivity index (χ1) is 7.13. The van der Waals surface area contributed by atoms with Gasteiger partial charge in [0.05, 0.1) is 18.8 Å². The van der Waals surface area contributed by atoms with E-state index in [1.165, 1.54) is 0 Å². The third kappa shape index (κ3) is 1.41. The van der Waals surface area contributed by atoms with Gasteiger partial charge >= 0.3 is 5.97 Å². The first kappa shape index (κ1) is 9.51. The van der Waals surface area contributed by atoms with E-state index in [9.17, 15) is 4.79 Å². The van der Waals surface area contributed by atoms with E-state index in [2.05, 4.69) is 4.98 Å². The molecule has 5 nitrogen and oxygen atoms in total. The van der Waals surface area contributed by atoms with Gasteiger partial charge in [-0.05, 0) is 19.1 Å². The summed E-state index contributed by atoms with van der Waals surface area (Å²) in [4.78, 5) is 14.8. The summed E-state index contributed by atoms with van der Waals surface area (Å²) in [7, 11) is 1.56. The molecule has 0 fully saturated rings. The third-order valence-corrected chi connectivity index (χ3v) is 2.22. The minimum atomic E-state index is -1.02. The Morgan fingerprint density at radius 1 is 1.53 bits per heavy atom. The highest BCUT2D eigenvalue weighted by atomic mass is 16.5. The van der Waals surface area contributed by atoms with Gasteiger partial charge in [0.1, 0.15) is 11.6 Å². The average molecular weight is 206 g/mol. The molecule has 0 unspecified atom stereocenters. The van der Waals surface area contributed by atoms with Crippen molar-refractivity contribution in [2.45, 2.75) is 6.92 Å². The first-order valence-electron chi connectivity index (χ1n) is 4.39. The lowest BCUT2D eigenvalue weighted by molar-refractivity contribution is 0.0693. The Bertz CT molecular complexity index is 531. The van der Waals surface area contributed by atoms with Crippen LogP contribution in [0.25, 0.3) is 5.52 Å². The molecule has 0 radical (unpaired) electrons. The van der Waals surface area contributed by atoms with Gasteiger partial charge in [0.15, 0.2) is 5.69 Å². The van der Waals surface area contributed by atoms with Crippen molar-refractivity contribution in [1.82, 2.24) is 9.38 Å². The van der Waals surface area contributed by atoms with Crippen molar-refractivity contribution >= 4 is 11.5 Å². The van der Waals surface area contributed by atoms with Crippen LogP contribution in [0.15, 0.2) is 18.3 Å². The summed E-state index contributed by atoms with van der Waals surface area (Å²) in [5.41, 5.74) is 0.635. The molecule has 2 aromatic rings. The summed E-state index contributed by atoms with van der Waals surface area (Å²) in [5.74, 6) is 0.270. The minimum Gasteiger partial charge on any atom is -0.495 e. The highest BCUT2D eigenvalue weighted by molar-refractivity contribution is 5.93. The van der Waals surface area contributed by atoms with Gasteiger partial charge in [-0.2, -0.15) is 0 Å². The lowest BCUT2D eigenvalue weighted by atomic mass is 10.3. The zero-order valence-corrected chi connectivity index (χ0v) is 8.39. The van der Waals surface area contributed by atoms with E-state index in [0.717, 1.165) is 0 Å². The molecule has 1 N–H and O–H groups in total. The largest absolute Gasteiger partial charge is 0.495 e. The van der Waals surface area contributed by atoms with Gasteiger partial charge in [0, 0.05) is 0 Å². The number of nitrogens with zero attached hydrogens (tertiary/aromatic N) is 2. The maximum Gasteiger partial charge on any atom is 0.356 e. The molecule has 0 aromatic carbocycles. The number of carboxylic acids is 1. The second-order valence-electron chi connectivity index (χ2n) is 3.14. The van der Waals surface area contributed by atoms with Crippen molar-refractivity contribution in [1.29, 1.82) is 0 Å². The normalized spacial score (nSPS) is 10.5. The summed E-state index contributed by atoms with van der Waals surface area (Å²) in [6.07, 6.45) is 1.71. The third-order valence-electron chi connectivity index (χ3n) is 2.22. The second kappa shape index (κ2) is 3.27. The Morgan fingerprint density at radius 2 is 2.27 bits per heavy atom. The Balaban J connectivity index is 2.75. The highest BCUT2D eigenvalue weighted by Gasteiger charge is 2.14. The number of fused-ring (bicyclic) bond motifs is 1. The van der Waals surface area contributed by atoms with Crippen LogP contribution >= 0.6 is 0 Å². The van der Waals surface area contributed by atoms with E-state index >= 15 is 0 Å². The molecule has 0 aliphatic heterocycles. The van der Waals surface area contributed by atoms with Crippen LogP contribution in [0.3, 0.4) is 0 Å². The van der Waals surface area contributed by atoms with Crippen molar-refractivity contribution in [3.8, 4) is 5.75 Å². The molecule has 0 amide bonds. The van der Waals surface area contributed by atoms with Crippen molar-refractivity contribution in [2.24, 2.45) is 0 Å². The fourth-order valence-corrected chi connectivity index (χ4v) is 1.49. The maximum absolute atomic E-state index is 10.9. The lowest BCUT2D eigenvalue weighted by Gasteiger charge is -2.01. The molecular formula is C10H10N2O3. The summed E-state index contributed by atoms with van der Waals surface area (Å²) in [6, 6.07) is 3.39. The molecule has 0 atom stereocenters. The first-order valence-corrected chi connectivity index (χ1v) is 4.39. The highest BCUT2D eigenvalue weighted by Crippen LogP contribution is 2.18. The molecule has 0 spiro atoms. The van der Waals surface area contributed by atoms with Crippen LogP contribution in [0.1, 0.15) is 16.3 Å². The summed E-state index contributed by atoms with van der Waals surface area (Å²) in [5, 5.41) is 8.92. The molecule has 0 aliphatic rings. The number of imidazole rings is 1. The number of carboxylic acid groups (broad SMARTS) is 1. The Hall–Kier alpha value is -2.04. The Morgan fingerprint density at radius 3 is 2.87 bits per heavy atom. The van der Waals surface area contributed by atoms with E-state index in [1.807, 2.05) is 0 Å². The molecular weight excluding hydrogens is 196 g/mol. The number of ether oxygens (including phenoxy) is 1. The molecule has 2 aromatic heterocycles. The monoisotopic (exact) mass is 206 g/mol. The van der Waals surface area contributed by atoms with E-state index < -0.39 is 5.97 Å². The number of aromatic nitrogens is 2. The number of carbonyl (C=O) groups is 1. The number of aryl methyl sites for hydroxylation is 1. The molecule has 0 bridgehead atoms. The fourth-order valence-electron chi connectivity index (χ4n) is 1.49. The topological polar surface area (TPSA) is 63.8 Å². The van der Waals surface area contributed by atoms with E-state index in [4.69, 9.17) is 9.84 Å². The molecule has 2 rings (SSSR count). The molecule has 0 saturated carbocycles. The van der Waals surface area contributed by atoms with Gasteiger partial charge in [-0.25, -0.2) is 9.78 Å². The minimum absolute atomic E-state index is 0.0650.